The maximum Gasteiger partial charge on any atom is 0.133 e. The Morgan fingerprint density at radius 3 is 3.10 bits per heavy atom. The molecule has 1 unspecified atom stereocenters. The fourth-order valence-corrected chi connectivity index (χ4v) is 3.94. The number of hydrogen-bond donors (Lipinski definition) is 1. The zero-order valence-electron chi connectivity index (χ0n) is 11.1. The predicted octanol–water partition coefficient (Wildman–Crippen LogP) is 3.95. The van der Waals surface area contributed by atoms with Crippen LogP contribution in [0.1, 0.15) is 22.9 Å². The van der Waals surface area contributed by atoms with Crippen LogP contribution in [0.25, 0.3) is 10.9 Å². The highest BCUT2D eigenvalue weighted by Crippen LogP contribution is 2.37. The Morgan fingerprint density at radius 1 is 1.40 bits per heavy atom. The minimum atomic E-state index is -0.239. The number of hydrogen-bond acceptors (Lipinski definition) is 3. The Bertz CT molecular complexity index is 790. The summed E-state index contributed by atoms with van der Waals surface area (Å²) in [4.78, 5) is 1.35. The Hall–Kier alpha value is -1.88. The summed E-state index contributed by atoms with van der Waals surface area (Å²) in [6.45, 7) is 3.05. The van der Waals surface area contributed by atoms with Gasteiger partial charge in [-0.2, -0.15) is 5.10 Å². The van der Waals surface area contributed by atoms with E-state index < -0.39 is 0 Å². The number of benzene rings is 1. The van der Waals surface area contributed by atoms with Gasteiger partial charge in [0.25, 0.3) is 0 Å². The average molecular weight is 287 g/mol. The van der Waals surface area contributed by atoms with E-state index in [1.54, 1.807) is 17.4 Å². The van der Waals surface area contributed by atoms with Crippen molar-refractivity contribution in [1.82, 2.24) is 9.78 Å². The number of nitrogens with one attached hydrogen (secondary N) is 1. The average Bonchev–Trinajstić information content (AvgIpc) is 3.01. The number of thiophene rings is 1. The molecule has 5 heteroatoms. The molecule has 0 aliphatic carbocycles. The van der Waals surface area contributed by atoms with Crippen molar-refractivity contribution in [1.29, 1.82) is 0 Å². The number of aromatic nitrogens is 2. The van der Waals surface area contributed by atoms with Crippen LogP contribution in [-0.2, 0) is 0 Å². The lowest BCUT2D eigenvalue weighted by atomic mass is 10.1. The van der Waals surface area contributed by atoms with Gasteiger partial charge in [0.1, 0.15) is 11.6 Å². The van der Waals surface area contributed by atoms with Crippen LogP contribution in [0.2, 0.25) is 0 Å². The van der Waals surface area contributed by atoms with Gasteiger partial charge in [0, 0.05) is 22.9 Å². The Kier molecular flexibility index (Phi) is 2.57. The van der Waals surface area contributed by atoms with E-state index in [0.717, 1.165) is 24.2 Å². The lowest BCUT2D eigenvalue weighted by molar-refractivity contribution is 0.491. The quantitative estimate of drug-likeness (QED) is 0.734. The molecule has 20 heavy (non-hydrogen) atoms. The van der Waals surface area contributed by atoms with E-state index in [9.17, 15) is 4.39 Å². The van der Waals surface area contributed by atoms with E-state index in [1.165, 1.54) is 22.6 Å². The molecule has 0 amide bonds. The Morgan fingerprint density at radius 2 is 2.30 bits per heavy atom. The molecule has 1 atom stereocenters. The smallest absolute Gasteiger partial charge is 0.133 e. The van der Waals surface area contributed by atoms with E-state index in [2.05, 4.69) is 28.8 Å². The van der Waals surface area contributed by atoms with Crippen LogP contribution in [0.15, 0.2) is 29.6 Å². The van der Waals surface area contributed by atoms with E-state index in [1.807, 2.05) is 4.68 Å². The molecule has 2 aromatic heterocycles. The fraction of sp³-hybridized carbons (Fsp3) is 0.267. The van der Waals surface area contributed by atoms with Gasteiger partial charge in [-0.1, -0.05) is 0 Å². The standard InChI is InChI=1S/C15H14FN3S/c1-9-5-7-20-14(9)13-4-6-17-15-11-3-2-10(16)8-12(11)18-19(13)15/h2-3,5,7-8,13,17H,4,6H2,1H3. The summed E-state index contributed by atoms with van der Waals surface area (Å²) in [5.41, 5.74) is 2.02. The number of halogens is 1. The van der Waals surface area contributed by atoms with Gasteiger partial charge in [-0.15, -0.1) is 11.3 Å². The zero-order chi connectivity index (χ0) is 13.7. The molecule has 3 nitrogen and oxygen atoms in total. The summed E-state index contributed by atoms with van der Waals surface area (Å²) in [7, 11) is 0. The van der Waals surface area contributed by atoms with Crippen molar-refractivity contribution < 1.29 is 4.39 Å². The number of rotatable bonds is 1. The van der Waals surface area contributed by atoms with Crippen LogP contribution in [0.3, 0.4) is 0 Å². The molecule has 0 saturated heterocycles. The Balaban J connectivity index is 1.93. The van der Waals surface area contributed by atoms with Crippen molar-refractivity contribution in [2.24, 2.45) is 0 Å². The molecule has 3 heterocycles. The topological polar surface area (TPSA) is 29.9 Å². The molecule has 0 bridgehead atoms. The van der Waals surface area contributed by atoms with E-state index in [0.29, 0.717) is 5.52 Å². The van der Waals surface area contributed by atoms with Gasteiger partial charge in [0.05, 0.1) is 11.6 Å². The summed E-state index contributed by atoms with van der Waals surface area (Å²) in [5, 5.41) is 11.1. The number of fused-ring (bicyclic) bond motifs is 3. The second-order valence-corrected chi connectivity index (χ2v) is 6.10. The summed E-state index contributed by atoms with van der Waals surface area (Å²) in [5.74, 6) is 0.765. The van der Waals surface area contributed by atoms with Crippen LogP contribution < -0.4 is 5.32 Å². The minimum Gasteiger partial charge on any atom is -0.370 e. The van der Waals surface area contributed by atoms with Gasteiger partial charge < -0.3 is 5.32 Å². The van der Waals surface area contributed by atoms with Crippen LogP contribution in [0.4, 0.5) is 10.2 Å². The number of aryl methyl sites for hydroxylation is 1. The first kappa shape index (κ1) is 11.9. The molecule has 0 fully saturated rings. The number of anilines is 1. The first-order chi connectivity index (χ1) is 9.74. The summed E-state index contributed by atoms with van der Waals surface area (Å²) >= 11 is 1.77. The van der Waals surface area contributed by atoms with Gasteiger partial charge in [0.2, 0.25) is 0 Å². The summed E-state index contributed by atoms with van der Waals surface area (Å²) in [6, 6.07) is 7.19. The van der Waals surface area contributed by atoms with Gasteiger partial charge in [0.15, 0.2) is 0 Å². The van der Waals surface area contributed by atoms with Crippen molar-refractivity contribution in [3.05, 3.63) is 45.9 Å². The minimum absolute atomic E-state index is 0.239. The van der Waals surface area contributed by atoms with Crippen LogP contribution in [0, 0.1) is 12.7 Å². The molecule has 3 aromatic rings. The van der Waals surface area contributed by atoms with Gasteiger partial charge >= 0.3 is 0 Å². The van der Waals surface area contributed by atoms with E-state index in [-0.39, 0.29) is 11.9 Å². The first-order valence-electron chi connectivity index (χ1n) is 6.69. The second-order valence-electron chi connectivity index (χ2n) is 5.15. The maximum atomic E-state index is 13.4. The molecule has 102 valence electrons. The Labute approximate surface area is 120 Å². The lowest BCUT2D eigenvalue weighted by Gasteiger charge is -2.25. The number of nitrogens with zero attached hydrogens (tertiary/aromatic N) is 2. The van der Waals surface area contributed by atoms with Gasteiger partial charge in [-0.05, 0) is 42.5 Å². The SMILES string of the molecule is Cc1ccsc1C1CCNc2c3ccc(F)cc3nn21. The predicted molar refractivity (Wildman–Crippen MR) is 80.0 cm³/mol. The molecular weight excluding hydrogens is 273 g/mol. The maximum absolute atomic E-state index is 13.4. The van der Waals surface area contributed by atoms with Crippen molar-refractivity contribution in [2.75, 3.05) is 11.9 Å². The van der Waals surface area contributed by atoms with Crippen LogP contribution >= 0.6 is 11.3 Å². The molecule has 1 aliphatic heterocycles. The van der Waals surface area contributed by atoms with Crippen molar-refractivity contribution in [3.63, 3.8) is 0 Å². The molecule has 4 rings (SSSR count). The normalized spacial score (nSPS) is 18.0. The van der Waals surface area contributed by atoms with Crippen molar-refractivity contribution >= 4 is 28.1 Å². The first-order valence-corrected chi connectivity index (χ1v) is 7.57. The third-order valence-electron chi connectivity index (χ3n) is 3.87. The second kappa shape index (κ2) is 4.31. The molecule has 1 aromatic carbocycles. The summed E-state index contributed by atoms with van der Waals surface area (Å²) < 4.78 is 15.4. The molecule has 1 aliphatic rings. The third kappa shape index (κ3) is 1.66. The highest BCUT2D eigenvalue weighted by atomic mass is 32.1. The molecule has 0 spiro atoms. The zero-order valence-corrected chi connectivity index (χ0v) is 11.9. The highest BCUT2D eigenvalue weighted by molar-refractivity contribution is 7.10. The third-order valence-corrected chi connectivity index (χ3v) is 4.99. The van der Waals surface area contributed by atoms with E-state index in [4.69, 9.17) is 0 Å². The van der Waals surface area contributed by atoms with Crippen LogP contribution in [-0.4, -0.2) is 16.3 Å². The molecule has 1 N–H and O–H groups in total. The van der Waals surface area contributed by atoms with Crippen molar-refractivity contribution in [2.45, 2.75) is 19.4 Å². The highest BCUT2D eigenvalue weighted by Gasteiger charge is 2.26. The monoisotopic (exact) mass is 287 g/mol. The molecule has 0 saturated carbocycles. The van der Waals surface area contributed by atoms with Gasteiger partial charge in [-0.3, -0.25) is 0 Å². The van der Waals surface area contributed by atoms with Gasteiger partial charge in [-0.25, -0.2) is 9.07 Å². The molecular formula is C15H14FN3S. The lowest BCUT2D eigenvalue weighted by Crippen LogP contribution is -2.24. The van der Waals surface area contributed by atoms with Crippen molar-refractivity contribution in [3.8, 4) is 0 Å². The molecule has 0 radical (unpaired) electrons. The van der Waals surface area contributed by atoms with Crippen LogP contribution in [0.5, 0.6) is 0 Å². The van der Waals surface area contributed by atoms with E-state index >= 15 is 0 Å². The fourth-order valence-electron chi connectivity index (χ4n) is 2.90. The largest absolute Gasteiger partial charge is 0.370 e. The summed E-state index contributed by atoms with van der Waals surface area (Å²) in [6.07, 6.45) is 1.00.